The van der Waals surface area contributed by atoms with Crippen molar-refractivity contribution in [3.05, 3.63) is 35.9 Å². The van der Waals surface area contributed by atoms with Gasteiger partial charge in [0.15, 0.2) is 0 Å². The third kappa shape index (κ3) is 1.76. The molecular weight excluding hydrogens is 272 g/mol. The van der Waals surface area contributed by atoms with E-state index in [9.17, 15) is 0 Å². The number of rotatable bonds is 0. The van der Waals surface area contributed by atoms with Crippen LogP contribution in [0.1, 0.15) is 54.4 Å². The molecule has 0 amide bonds. The van der Waals surface area contributed by atoms with Crippen molar-refractivity contribution in [2.45, 2.75) is 77.8 Å². The van der Waals surface area contributed by atoms with Crippen LogP contribution in [0.4, 0.5) is 0 Å². The molecule has 2 unspecified atom stereocenters. The average molecular weight is 300 g/mol. The van der Waals surface area contributed by atoms with Crippen molar-refractivity contribution in [1.82, 2.24) is 19.8 Å². The third-order valence-electron chi connectivity index (χ3n) is 5.17. The molecule has 2 atom stereocenters. The molecule has 22 heavy (non-hydrogen) atoms. The van der Waals surface area contributed by atoms with Crippen LogP contribution in [0.3, 0.4) is 0 Å². The zero-order valence-electron chi connectivity index (χ0n) is 14.7. The number of hydrazine groups is 1. The van der Waals surface area contributed by atoms with Crippen LogP contribution in [0, 0.1) is 0 Å². The van der Waals surface area contributed by atoms with Gasteiger partial charge in [0.25, 0.3) is 0 Å². The Hall–Kier alpha value is -1.58. The molecule has 4 heteroatoms. The molecule has 1 fully saturated rings. The Bertz CT molecular complexity index is 535. The summed E-state index contributed by atoms with van der Waals surface area (Å²) >= 11 is 0. The molecule has 0 aromatic rings. The van der Waals surface area contributed by atoms with E-state index in [1.54, 1.807) is 0 Å². The first kappa shape index (κ1) is 14.0. The summed E-state index contributed by atoms with van der Waals surface area (Å²) in [5, 5.41) is 5.05. The maximum absolute atomic E-state index is 2.53. The maximum Gasteiger partial charge on any atom is 0.122 e. The van der Waals surface area contributed by atoms with Crippen molar-refractivity contribution in [3.63, 3.8) is 0 Å². The smallest absolute Gasteiger partial charge is 0.122 e. The van der Waals surface area contributed by atoms with Crippen molar-refractivity contribution >= 4 is 0 Å². The molecule has 0 aliphatic carbocycles. The lowest BCUT2D eigenvalue weighted by molar-refractivity contribution is -0.135. The molecule has 4 nitrogen and oxygen atoms in total. The van der Waals surface area contributed by atoms with Crippen LogP contribution in [0.25, 0.3) is 0 Å². The second kappa shape index (κ2) is 4.03. The van der Waals surface area contributed by atoms with Gasteiger partial charge in [0.1, 0.15) is 12.3 Å². The molecule has 0 N–H and O–H groups in total. The Labute approximate surface area is 134 Å². The molecule has 120 valence electrons. The van der Waals surface area contributed by atoms with Crippen LogP contribution in [-0.2, 0) is 0 Å². The molecule has 0 radical (unpaired) electrons. The number of hydrogen-bond donors (Lipinski definition) is 0. The molecule has 4 rings (SSSR count). The average Bonchev–Trinajstić information content (AvgIpc) is 2.93. The lowest BCUT2D eigenvalue weighted by Crippen LogP contribution is -2.62. The Morgan fingerprint density at radius 3 is 1.41 bits per heavy atom. The van der Waals surface area contributed by atoms with E-state index in [-0.39, 0.29) is 11.1 Å². The van der Waals surface area contributed by atoms with Gasteiger partial charge in [0.05, 0.1) is 11.4 Å². The predicted molar refractivity (Wildman–Crippen MR) is 89.0 cm³/mol. The second-order valence-electron chi connectivity index (χ2n) is 8.83. The van der Waals surface area contributed by atoms with Crippen LogP contribution in [0.15, 0.2) is 35.9 Å². The summed E-state index contributed by atoms with van der Waals surface area (Å²) in [6, 6.07) is 0. The molecule has 1 saturated heterocycles. The molecule has 4 heterocycles. The van der Waals surface area contributed by atoms with Crippen molar-refractivity contribution in [3.8, 4) is 0 Å². The van der Waals surface area contributed by atoms with Gasteiger partial charge < -0.3 is 9.80 Å². The topological polar surface area (TPSA) is 13.0 Å². The van der Waals surface area contributed by atoms with Gasteiger partial charge in [-0.3, -0.25) is 10.0 Å². The van der Waals surface area contributed by atoms with Crippen molar-refractivity contribution in [2.75, 3.05) is 0 Å². The van der Waals surface area contributed by atoms with E-state index in [1.807, 2.05) is 0 Å². The third-order valence-corrected chi connectivity index (χ3v) is 5.17. The molecule has 0 bridgehead atoms. The molecule has 0 saturated carbocycles. The molecule has 0 aromatic heterocycles. The molecule has 0 spiro atoms. The lowest BCUT2D eigenvalue weighted by atomic mass is 10.0. The van der Waals surface area contributed by atoms with Crippen LogP contribution in [-0.4, -0.2) is 43.2 Å². The predicted octanol–water partition coefficient (Wildman–Crippen LogP) is 3.43. The Kier molecular flexibility index (Phi) is 2.57. The number of allylic oxidation sites excluding steroid dienone is 2. The van der Waals surface area contributed by atoms with E-state index in [4.69, 9.17) is 0 Å². The summed E-state index contributed by atoms with van der Waals surface area (Å²) in [4.78, 5) is 5.07. The van der Waals surface area contributed by atoms with Crippen molar-refractivity contribution in [2.24, 2.45) is 0 Å². The van der Waals surface area contributed by atoms with Crippen LogP contribution < -0.4 is 0 Å². The van der Waals surface area contributed by atoms with E-state index < -0.39 is 0 Å². The van der Waals surface area contributed by atoms with E-state index in [2.05, 4.69) is 85.9 Å². The SMILES string of the molecule is CC(C)(C)N1C=C2C=CC3=CN(C(C)(C)C)C4CCC1N2N34. The van der Waals surface area contributed by atoms with Gasteiger partial charge in [0, 0.05) is 23.5 Å². The highest BCUT2D eigenvalue weighted by Gasteiger charge is 2.51. The lowest BCUT2D eigenvalue weighted by Gasteiger charge is -2.53. The number of hydrogen-bond acceptors (Lipinski definition) is 4. The second-order valence-corrected chi connectivity index (χ2v) is 8.83. The van der Waals surface area contributed by atoms with Gasteiger partial charge in [-0.1, -0.05) is 0 Å². The fourth-order valence-corrected chi connectivity index (χ4v) is 4.20. The zero-order chi connectivity index (χ0) is 15.9. The normalized spacial score (nSPS) is 29.9. The first-order chi connectivity index (χ1) is 10.2. The summed E-state index contributed by atoms with van der Waals surface area (Å²) < 4.78 is 0. The fourth-order valence-electron chi connectivity index (χ4n) is 4.20. The zero-order valence-corrected chi connectivity index (χ0v) is 14.7. The summed E-state index contributed by atoms with van der Waals surface area (Å²) in [5.74, 6) is 0. The Morgan fingerprint density at radius 2 is 1.09 bits per heavy atom. The van der Waals surface area contributed by atoms with Crippen LogP contribution >= 0.6 is 0 Å². The molecule has 4 aliphatic rings. The minimum absolute atomic E-state index is 0.156. The van der Waals surface area contributed by atoms with Gasteiger partial charge in [-0.25, -0.2) is 0 Å². The maximum atomic E-state index is 2.53. The summed E-state index contributed by atoms with van der Waals surface area (Å²) in [6.07, 6.45) is 12.6. The summed E-state index contributed by atoms with van der Waals surface area (Å²) in [5.41, 5.74) is 2.97. The highest BCUT2D eigenvalue weighted by Crippen LogP contribution is 2.47. The van der Waals surface area contributed by atoms with Gasteiger partial charge in [-0.05, 0) is 66.5 Å². The minimum Gasteiger partial charge on any atom is -0.349 e. The van der Waals surface area contributed by atoms with E-state index >= 15 is 0 Å². The summed E-state index contributed by atoms with van der Waals surface area (Å²) in [7, 11) is 0. The molecule has 0 aromatic carbocycles. The first-order valence-corrected chi connectivity index (χ1v) is 8.45. The van der Waals surface area contributed by atoms with E-state index in [1.165, 1.54) is 24.2 Å². The van der Waals surface area contributed by atoms with E-state index in [0.29, 0.717) is 12.3 Å². The minimum atomic E-state index is 0.156. The standard InChI is InChI=1S/C18H28N4/c1-17(2,3)19-11-13-7-8-14-12-20(18(4,5)6)16-10-9-15(19)21(13)22(14)16/h7-8,11-12,15-16H,9-10H2,1-6H3. The first-order valence-electron chi connectivity index (χ1n) is 8.45. The van der Waals surface area contributed by atoms with Gasteiger partial charge in [-0.15, -0.1) is 0 Å². The highest BCUT2D eigenvalue weighted by molar-refractivity contribution is 5.37. The monoisotopic (exact) mass is 300 g/mol. The van der Waals surface area contributed by atoms with Gasteiger partial charge >= 0.3 is 0 Å². The van der Waals surface area contributed by atoms with E-state index in [0.717, 1.165) is 0 Å². The fraction of sp³-hybridized carbons (Fsp3) is 0.667. The highest BCUT2D eigenvalue weighted by atomic mass is 15.8. The van der Waals surface area contributed by atoms with Crippen molar-refractivity contribution < 1.29 is 0 Å². The molecule has 4 aliphatic heterocycles. The van der Waals surface area contributed by atoms with Gasteiger partial charge in [0.2, 0.25) is 0 Å². The Morgan fingerprint density at radius 1 is 0.727 bits per heavy atom. The van der Waals surface area contributed by atoms with Crippen molar-refractivity contribution in [1.29, 1.82) is 0 Å². The van der Waals surface area contributed by atoms with Crippen LogP contribution in [0.5, 0.6) is 0 Å². The summed E-state index contributed by atoms with van der Waals surface area (Å²) in [6.45, 7) is 13.8. The van der Waals surface area contributed by atoms with Crippen LogP contribution in [0.2, 0.25) is 0 Å². The largest absolute Gasteiger partial charge is 0.349 e. The molecular formula is C18H28N4. The van der Waals surface area contributed by atoms with Gasteiger partial charge in [-0.2, -0.15) is 0 Å². The quantitative estimate of drug-likeness (QED) is 0.679. The number of nitrogens with zero attached hydrogens (tertiary/aromatic N) is 4. The Balaban J connectivity index is 1.74.